The fourth-order valence-corrected chi connectivity index (χ4v) is 3.00. The summed E-state index contributed by atoms with van der Waals surface area (Å²) in [6.45, 7) is 1.34. The van der Waals surface area contributed by atoms with E-state index < -0.39 is 0 Å². The fourth-order valence-electron chi connectivity index (χ4n) is 3.00. The number of ether oxygens (including phenoxy) is 2. The summed E-state index contributed by atoms with van der Waals surface area (Å²) in [7, 11) is 7.16. The van der Waals surface area contributed by atoms with E-state index in [4.69, 9.17) is 14.5 Å². The van der Waals surface area contributed by atoms with Crippen LogP contribution < -0.4 is 14.8 Å². The molecule has 0 aliphatic carbocycles. The number of pyridine rings is 1. The molecule has 3 rings (SSSR count). The largest absolute Gasteiger partial charge is 0.497 e. The topological polar surface area (TPSA) is 63.7 Å². The van der Waals surface area contributed by atoms with Crippen molar-refractivity contribution in [3.63, 3.8) is 0 Å². The molecule has 146 valence electrons. The lowest BCUT2D eigenvalue weighted by atomic mass is 10.0. The third-order valence-electron chi connectivity index (χ3n) is 4.49. The molecule has 0 atom stereocenters. The molecule has 0 saturated carbocycles. The molecule has 3 aromatic rings. The number of likely N-dealkylation sites (N-methyl/N-ethyl adjacent to an activating group) is 1. The van der Waals surface area contributed by atoms with Gasteiger partial charge in [0.25, 0.3) is 5.91 Å². The molecule has 0 fully saturated rings. The van der Waals surface area contributed by atoms with Gasteiger partial charge in [0, 0.05) is 30.1 Å². The van der Waals surface area contributed by atoms with E-state index in [1.54, 1.807) is 14.2 Å². The molecule has 0 spiro atoms. The summed E-state index contributed by atoms with van der Waals surface area (Å²) in [4.78, 5) is 19.6. The number of hydrogen-bond donors (Lipinski definition) is 1. The minimum Gasteiger partial charge on any atom is -0.497 e. The van der Waals surface area contributed by atoms with Crippen LogP contribution in [-0.2, 0) is 0 Å². The number of benzene rings is 2. The summed E-state index contributed by atoms with van der Waals surface area (Å²) in [5.41, 5.74) is 2.83. The second kappa shape index (κ2) is 8.71. The van der Waals surface area contributed by atoms with E-state index >= 15 is 0 Å². The smallest absolute Gasteiger partial charge is 0.252 e. The van der Waals surface area contributed by atoms with Gasteiger partial charge in [-0.25, -0.2) is 4.98 Å². The zero-order chi connectivity index (χ0) is 20.1. The minimum absolute atomic E-state index is 0.117. The molecular formula is C22H25N3O3. The molecule has 2 aromatic carbocycles. The summed E-state index contributed by atoms with van der Waals surface area (Å²) < 4.78 is 10.8. The fraction of sp³-hybridized carbons (Fsp3) is 0.273. The van der Waals surface area contributed by atoms with Gasteiger partial charge in [-0.2, -0.15) is 0 Å². The van der Waals surface area contributed by atoms with Gasteiger partial charge in [0.05, 0.1) is 31.0 Å². The average Bonchev–Trinajstić information content (AvgIpc) is 2.72. The normalized spacial score (nSPS) is 10.9. The zero-order valence-corrected chi connectivity index (χ0v) is 16.7. The second-order valence-corrected chi connectivity index (χ2v) is 6.70. The Labute approximate surface area is 165 Å². The van der Waals surface area contributed by atoms with Crippen LogP contribution in [0.3, 0.4) is 0 Å². The number of para-hydroxylation sites is 1. The Morgan fingerprint density at radius 3 is 2.57 bits per heavy atom. The first-order valence-electron chi connectivity index (χ1n) is 9.08. The lowest BCUT2D eigenvalue weighted by Gasteiger charge is -2.14. The molecule has 0 radical (unpaired) electrons. The number of methoxy groups -OCH3 is 2. The van der Waals surface area contributed by atoms with E-state index in [-0.39, 0.29) is 5.91 Å². The van der Waals surface area contributed by atoms with Crippen LogP contribution in [0.2, 0.25) is 0 Å². The molecule has 0 aliphatic rings. The summed E-state index contributed by atoms with van der Waals surface area (Å²) in [6, 6.07) is 15.0. The zero-order valence-electron chi connectivity index (χ0n) is 16.7. The number of carbonyl (C=O) groups is 1. The van der Waals surface area contributed by atoms with Crippen LogP contribution in [0.15, 0.2) is 48.5 Å². The highest BCUT2D eigenvalue weighted by molar-refractivity contribution is 6.07. The van der Waals surface area contributed by atoms with Crippen molar-refractivity contribution in [3.05, 3.63) is 54.1 Å². The number of hydrogen-bond acceptors (Lipinski definition) is 5. The number of nitrogens with one attached hydrogen (secondary N) is 1. The summed E-state index contributed by atoms with van der Waals surface area (Å²) in [5, 5.41) is 3.81. The average molecular weight is 379 g/mol. The number of carbonyl (C=O) groups excluding carboxylic acids is 1. The monoisotopic (exact) mass is 379 g/mol. The Balaban J connectivity index is 2.07. The van der Waals surface area contributed by atoms with E-state index in [0.29, 0.717) is 29.3 Å². The number of amides is 1. The van der Waals surface area contributed by atoms with Gasteiger partial charge in [-0.15, -0.1) is 0 Å². The van der Waals surface area contributed by atoms with E-state index in [0.717, 1.165) is 23.0 Å². The molecule has 0 saturated heterocycles. The molecule has 1 aromatic heterocycles. The van der Waals surface area contributed by atoms with Gasteiger partial charge in [0.2, 0.25) is 0 Å². The summed E-state index contributed by atoms with van der Waals surface area (Å²) in [6.07, 6.45) is 0. The standard InChI is InChI=1S/C22H25N3O3/c1-25(2)12-11-23-22(26)18-14-20(24-19-8-6-5-7-16(18)19)17-10-9-15(27-3)13-21(17)28-4/h5-10,13-14H,11-12H2,1-4H3,(H,23,26). The van der Waals surface area contributed by atoms with Crippen molar-refractivity contribution in [2.45, 2.75) is 0 Å². The van der Waals surface area contributed by atoms with Crippen LogP contribution in [0.25, 0.3) is 22.2 Å². The predicted molar refractivity (Wildman–Crippen MR) is 111 cm³/mol. The van der Waals surface area contributed by atoms with Crippen molar-refractivity contribution in [3.8, 4) is 22.8 Å². The van der Waals surface area contributed by atoms with Gasteiger partial charge < -0.3 is 19.7 Å². The van der Waals surface area contributed by atoms with Gasteiger partial charge in [-0.3, -0.25) is 4.79 Å². The van der Waals surface area contributed by atoms with Gasteiger partial charge in [0.1, 0.15) is 11.5 Å². The lowest BCUT2D eigenvalue weighted by Crippen LogP contribution is -2.31. The third-order valence-corrected chi connectivity index (χ3v) is 4.49. The van der Waals surface area contributed by atoms with Crippen LogP contribution >= 0.6 is 0 Å². The molecule has 6 nitrogen and oxygen atoms in total. The number of aromatic nitrogens is 1. The predicted octanol–water partition coefficient (Wildman–Crippen LogP) is 3.21. The third kappa shape index (κ3) is 4.23. The van der Waals surface area contributed by atoms with Crippen molar-refractivity contribution in [1.82, 2.24) is 15.2 Å². The van der Waals surface area contributed by atoms with Crippen LogP contribution in [0.1, 0.15) is 10.4 Å². The van der Waals surface area contributed by atoms with E-state index in [1.165, 1.54) is 0 Å². The van der Waals surface area contributed by atoms with Gasteiger partial charge in [0.15, 0.2) is 0 Å². The maximum Gasteiger partial charge on any atom is 0.252 e. The molecule has 6 heteroatoms. The first-order chi connectivity index (χ1) is 13.5. The molecule has 28 heavy (non-hydrogen) atoms. The first-order valence-corrected chi connectivity index (χ1v) is 9.08. The van der Waals surface area contributed by atoms with Crippen molar-refractivity contribution >= 4 is 16.8 Å². The van der Waals surface area contributed by atoms with Crippen LogP contribution in [0.5, 0.6) is 11.5 Å². The SMILES string of the molecule is COc1ccc(-c2cc(C(=O)NCCN(C)C)c3ccccc3n2)c(OC)c1. The Morgan fingerprint density at radius 2 is 1.86 bits per heavy atom. The Hall–Kier alpha value is -3.12. The molecule has 0 aliphatic heterocycles. The van der Waals surface area contributed by atoms with E-state index in [1.807, 2.05) is 67.5 Å². The van der Waals surface area contributed by atoms with Crippen molar-refractivity contribution in [2.24, 2.45) is 0 Å². The lowest BCUT2D eigenvalue weighted by molar-refractivity contribution is 0.0952. The van der Waals surface area contributed by atoms with Crippen molar-refractivity contribution in [2.75, 3.05) is 41.4 Å². The second-order valence-electron chi connectivity index (χ2n) is 6.70. The van der Waals surface area contributed by atoms with E-state index in [9.17, 15) is 4.79 Å². The molecule has 0 bridgehead atoms. The van der Waals surface area contributed by atoms with Crippen molar-refractivity contribution < 1.29 is 14.3 Å². The van der Waals surface area contributed by atoms with Gasteiger partial charge in [-0.05, 0) is 38.4 Å². The number of rotatable bonds is 7. The minimum atomic E-state index is -0.117. The maximum absolute atomic E-state index is 12.9. The highest BCUT2D eigenvalue weighted by Crippen LogP contribution is 2.34. The Kier molecular flexibility index (Phi) is 6.11. The highest BCUT2D eigenvalue weighted by atomic mass is 16.5. The molecule has 1 N–H and O–H groups in total. The summed E-state index contributed by atoms with van der Waals surface area (Å²) in [5.74, 6) is 1.22. The number of fused-ring (bicyclic) bond motifs is 1. The molecule has 1 heterocycles. The quantitative estimate of drug-likeness (QED) is 0.683. The Bertz CT molecular complexity index is 986. The molecule has 0 unspecified atom stereocenters. The van der Waals surface area contributed by atoms with E-state index in [2.05, 4.69) is 5.32 Å². The van der Waals surface area contributed by atoms with Crippen LogP contribution in [0.4, 0.5) is 0 Å². The maximum atomic E-state index is 12.9. The molecular weight excluding hydrogens is 354 g/mol. The number of nitrogens with zero attached hydrogens (tertiary/aromatic N) is 2. The highest BCUT2D eigenvalue weighted by Gasteiger charge is 2.16. The molecule has 1 amide bonds. The van der Waals surface area contributed by atoms with Gasteiger partial charge >= 0.3 is 0 Å². The summed E-state index contributed by atoms with van der Waals surface area (Å²) >= 11 is 0. The van der Waals surface area contributed by atoms with Gasteiger partial charge in [-0.1, -0.05) is 18.2 Å². The Morgan fingerprint density at radius 1 is 1.07 bits per heavy atom. The first kappa shape index (κ1) is 19.6. The van der Waals surface area contributed by atoms with Crippen LogP contribution in [0, 0.1) is 0 Å². The van der Waals surface area contributed by atoms with Crippen molar-refractivity contribution in [1.29, 1.82) is 0 Å². The van der Waals surface area contributed by atoms with Crippen LogP contribution in [-0.4, -0.2) is 57.2 Å².